The van der Waals surface area contributed by atoms with Crippen LogP contribution in [-0.2, 0) is 33.3 Å². The van der Waals surface area contributed by atoms with Crippen LogP contribution in [0.15, 0.2) is 85.1 Å². The lowest BCUT2D eigenvalue weighted by Gasteiger charge is -2.25. The summed E-state index contributed by atoms with van der Waals surface area (Å²) in [6.45, 7) is 4.79. The van der Waals surface area contributed by atoms with E-state index in [1.54, 1.807) is 0 Å². The Morgan fingerprint density at radius 1 is 0.392 bits per heavy atom. The summed E-state index contributed by atoms with van der Waals surface area (Å²) in [6.07, 6.45) is 78.2. The Morgan fingerprint density at radius 3 is 1.08 bits per heavy atom. The lowest BCUT2D eigenvalue weighted by atomic mass is 10.0. The first-order valence-corrected chi connectivity index (χ1v) is 32.8. The molecule has 0 fully saturated rings. The number of hydrogen-bond acceptors (Lipinski definition) is 7. The van der Waals surface area contributed by atoms with Gasteiger partial charge in [0.15, 0.2) is 6.10 Å². The Morgan fingerprint density at radius 2 is 0.722 bits per heavy atom. The largest absolute Gasteiger partial charge is 0.477 e. The van der Waals surface area contributed by atoms with Crippen LogP contribution < -0.4 is 0 Å². The lowest BCUT2D eigenvalue weighted by molar-refractivity contribution is -0.870. The van der Waals surface area contributed by atoms with Crippen molar-refractivity contribution in [2.24, 2.45) is 0 Å². The molecular formula is C70H124NO8+. The normalized spacial score (nSPS) is 13.3. The Kier molecular flexibility index (Phi) is 57.9. The Hall–Kier alpha value is -3.53. The third kappa shape index (κ3) is 61.9. The number of allylic oxidation sites excluding steroid dienone is 14. The zero-order valence-corrected chi connectivity index (χ0v) is 52.0. The molecule has 1 N–H and O–H groups in total. The van der Waals surface area contributed by atoms with Crippen LogP contribution in [0.1, 0.15) is 284 Å². The van der Waals surface area contributed by atoms with E-state index in [4.69, 9.17) is 18.9 Å². The highest BCUT2D eigenvalue weighted by Crippen LogP contribution is 2.17. The molecule has 0 aromatic carbocycles. The number of aliphatic carboxylic acids is 1. The number of hydrogen-bond donors (Lipinski definition) is 1. The van der Waals surface area contributed by atoms with Crippen LogP contribution in [0.2, 0.25) is 0 Å². The summed E-state index contributed by atoms with van der Waals surface area (Å²) >= 11 is 0. The lowest BCUT2D eigenvalue weighted by Crippen LogP contribution is -2.40. The molecule has 0 aromatic rings. The predicted molar refractivity (Wildman–Crippen MR) is 336 cm³/mol. The van der Waals surface area contributed by atoms with Crippen molar-refractivity contribution < 1.29 is 42.9 Å². The predicted octanol–water partition coefficient (Wildman–Crippen LogP) is 19.9. The first-order chi connectivity index (χ1) is 38.6. The fourth-order valence-electron chi connectivity index (χ4n) is 9.17. The smallest absolute Gasteiger partial charge is 0.361 e. The van der Waals surface area contributed by atoms with Gasteiger partial charge in [0.05, 0.1) is 34.4 Å². The van der Waals surface area contributed by atoms with Crippen LogP contribution in [0.5, 0.6) is 0 Å². The molecule has 9 heteroatoms. The van der Waals surface area contributed by atoms with Gasteiger partial charge < -0.3 is 28.5 Å². The van der Waals surface area contributed by atoms with Gasteiger partial charge in [-0.1, -0.05) is 285 Å². The Bertz CT molecular complexity index is 1570. The van der Waals surface area contributed by atoms with Gasteiger partial charge in [-0.15, -0.1) is 0 Å². The molecule has 0 amide bonds. The number of quaternary nitrogens is 1. The first-order valence-electron chi connectivity index (χ1n) is 32.8. The molecular weight excluding hydrogens is 983 g/mol. The summed E-state index contributed by atoms with van der Waals surface area (Å²) in [4.78, 5) is 37.6. The van der Waals surface area contributed by atoms with Crippen molar-refractivity contribution in [1.29, 1.82) is 0 Å². The minimum Gasteiger partial charge on any atom is -0.477 e. The molecule has 0 aliphatic heterocycles. The quantitative estimate of drug-likeness (QED) is 0.0211. The second-order valence-electron chi connectivity index (χ2n) is 23.1. The second kappa shape index (κ2) is 60.6. The number of unbranched alkanes of at least 4 members (excludes halogenated alkanes) is 31. The molecule has 456 valence electrons. The van der Waals surface area contributed by atoms with Crippen molar-refractivity contribution in [3.63, 3.8) is 0 Å². The number of esters is 2. The van der Waals surface area contributed by atoms with E-state index in [2.05, 4.69) is 98.9 Å². The van der Waals surface area contributed by atoms with Crippen molar-refractivity contribution in [3.8, 4) is 0 Å². The van der Waals surface area contributed by atoms with E-state index < -0.39 is 24.3 Å². The van der Waals surface area contributed by atoms with E-state index in [-0.39, 0.29) is 32.2 Å². The van der Waals surface area contributed by atoms with Crippen LogP contribution in [0.4, 0.5) is 0 Å². The standard InChI is InChI=1S/C70H123NO8/c1-6-8-10-12-14-16-18-20-22-24-26-28-30-31-32-33-34-35-36-37-39-41-43-45-47-49-51-53-55-57-59-61-68(73)79-66(65-78-70(69(74)75)76-63-62-71(3,4)5)64-77-67(72)60-58-56-54-52-50-48-46-44-42-40-38-29-27-25-23-21-19-17-15-13-11-9-7-2/h8,10,14,16,20,22,26,28,31-32,34-35,37,39,66,70H,6-7,9,11-13,15,17-19,21,23-25,27,29-30,33,36,38,40-65H2,1-5H3/p+1/b10-8-,16-14-,22-20-,28-26-,32-31-,35-34-,39-37-. The van der Waals surface area contributed by atoms with E-state index in [0.29, 0.717) is 23.9 Å². The van der Waals surface area contributed by atoms with E-state index in [1.165, 1.54) is 161 Å². The van der Waals surface area contributed by atoms with Crippen molar-refractivity contribution in [2.75, 3.05) is 47.5 Å². The van der Waals surface area contributed by atoms with Crippen LogP contribution in [0.25, 0.3) is 0 Å². The zero-order valence-electron chi connectivity index (χ0n) is 52.0. The van der Waals surface area contributed by atoms with Crippen LogP contribution in [0, 0.1) is 0 Å². The van der Waals surface area contributed by atoms with Gasteiger partial charge in [0.1, 0.15) is 13.2 Å². The number of nitrogens with zero attached hydrogens (tertiary/aromatic N) is 1. The summed E-state index contributed by atoms with van der Waals surface area (Å²) in [5, 5.41) is 9.73. The van der Waals surface area contributed by atoms with Gasteiger partial charge in [-0.25, -0.2) is 4.79 Å². The average Bonchev–Trinajstić information content (AvgIpc) is 3.42. The molecule has 0 radical (unpaired) electrons. The molecule has 0 spiro atoms. The van der Waals surface area contributed by atoms with Gasteiger partial charge in [-0.3, -0.25) is 9.59 Å². The molecule has 9 nitrogen and oxygen atoms in total. The van der Waals surface area contributed by atoms with Crippen molar-refractivity contribution >= 4 is 17.9 Å². The molecule has 0 rings (SSSR count). The molecule has 2 unspecified atom stereocenters. The average molecular weight is 1110 g/mol. The summed E-state index contributed by atoms with van der Waals surface area (Å²) in [5.41, 5.74) is 0. The van der Waals surface area contributed by atoms with Gasteiger partial charge >= 0.3 is 17.9 Å². The molecule has 0 saturated heterocycles. The fourth-order valence-corrected chi connectivity index (χ4v) is 9.17. The van der Waals surface area contributed by atoms with Crippen molar-refractivity contribution in [1.82, 2.24) is 0 Å². The summed E-state index contributed by atoms with van der Waals surface area (Å²) in [5.74, 6) is -2.00. The van der Waals surface area contributed by atoms with Crippen LogP contribution in [0.3, 0.4) is 0 Å². The Balaban J connectivity index is 4.19. The minimum atomic E-state index is -1.51. The zero-order chi connectivity index (χ0) is 57.6. The summed E-state index contributed by atoms with van der Waals surface area (Å²) < 4.78 is 23.0. The SMILES string of the molecule is CC/C=C\C/C=C\C/C=C\C/C=C\C/C=C\C/C=C\C/C=C\CCCCCCCCCCCC(=O)OC(COC(=O)CCCCCCCCCCCCCCCCCCCCCCCCC)COC(OCC[N+](C)(C)C)C(=O)O. The monoisotopic (exact) mass is 1110 g/mol. The third-order valence-electron chi connectivity index (χ3n) is 14.2. The second-order valence-corrected chi connectivity index (χ2v) is 23.1. The van der Waals surface area contributed by atoms with E-state index in [0.717, 1.165) is 89.9 Å². The number of rotatable bonds is 60. The third-order valence-corrected chi connectivity index (χ3v) is 14.2. The topological polar surface area (TPSA) is 108 Å². The van der Waals surface area contributed by atoms with Gasteiger partial charge in [0.2, 0.25) is 0 Å². The Labute approximate surface area is 487 Å². The van der Waals surface area contributed by atoms with Crippen molar-refractivity contribution in [2.45, 2.75) is 296 Å². The van der Waals surface area contributed by atoms with Crippen LogP contribution >= 0.6 is 0 Å². The highest BCUT2D eigenvalue weighted by atomic mass is 16.7. The molecule has 0 bridgehead atoms. The number of carboxylic acids is 1. The van der Waals surface area contributed by atoms with Gasteiger partial charge in [0, 0.05) is 12.8 Å². The number of likely N-dealkylation sites (N-methyl/N-ethyl adjacent to an activating group) is 1. The molecule has 0 heterocycles. The molecule has 2 atom stereocenters. The molecule has 0 aliphatic rings. The first kappa shape index (κ1) is 75.5. The molecule has 79 heavy (non-hydrogen) atoms. The number of carbonyl (C=O) groups is 3. The summed E-state index contributed by atoms with van der Waals surface area (Å²) in [7, 11) is 5.97. The fraction of sp³-hybridized carbons (Fsp3) is 0.757. The van der Waals surface area contributed by atoms with Gasteiger partial charge in [-0.05, 0) is 70.6 Å². The highest BCUT2D eigenvalue weighted by Gasteiger charge is 2.25. The van der Waals surface area contributed by atoms with E-state index >= 15 is 0 Å². The van der Waals surface area contributed by atoms with E-state index in [9.17, 15) is 19.5 Å². The number of carbonyl (C=O) groups excluding carboxylic acids is 2. The van der Waals surface area contributed by atoms with Crippen molar-refractivity contribution in [3.05, 3.63) is 85.1 Å². The minimum absolute atomic E-state index is 0.184. The molecule has 0 saturated carbocycles. The maximum Gasteiger partial charge on any atom is 0.361 e. The number of carboxylic acid groups (broad SMARTS) is 1. The molecule has 0 aliphatic carbocycles. The number of ether oxygens (including phenoxy) is 4. The maximum absolute atomic E-state index is 12.9. The summed E-state index contributed by atoms with van der Waals surface area (Å²) in [6, 6.07) is 0. The van der Waals surface area contributed by atoms with Crippen LogP contribution in [-0.4, -0.2) is 87.4 Å². The van der Waals surface area contributed by atoms with E-state index in [1.807, 2.05) is 21.1 Å². The highest BCUT2D eigenvalue weighted by molar-refractivity contribution is 5.71. The van der Waals surface area contributed by atoms with Gasteiger partial charge in [0.25, 0.3) is 6.29 Å². The maximum atomic E-state index is 12.9. The molecule has 0 aromatic heterocycles. The van der Waals surface area contributed by atoms with Gasteiger partial charge in [-0.2, -0.15) is 0 Å².